The summed E-state index contributed by atoms with van der Waals surface area (Å²) in [5.41, 5.74) is 3.03. The molecule has 162 valence electrons. The predicted octanol–water partition coefficient (Wildman–Crippen LogP) is 4.68. The molecule has 1 aliphatic heterocycles. The molecular weight excluding hydrogens is 378 g/mol. The molecule has 0 bridgehead atoms. The Hall–Kier alpha value is -2.37. The van der Waals surface area contributed by atoms with Gasteiger partial charge in [0.1, 0.15) is 18.0 Å². The lowest BCUT2D eigenvalue weighted by Gasteiger charge is -2.33. The second kappa shape index (κ2) is 10.1. The van der Waals surface area contributed by atoms with Crippen molar-refractivity contribution in [1.82, 2.24) is 4.90 Å². The molecule has 1 unspecified atom stereocenters. The molecule has 1 atom stereocenters. The van der Waals surface area contributed by atoms with E-state index in [9.17, 15) is 4.79 Å². The van der Waals surface area contributed by atoms with E-state index in [1.807, 2.05) is 45.0 Å². The molecule has 0 amide bonds. The number of hydrogen-bond donors (Lipinski definition) is 0. The summed E-state index contributed by atoms with van der Waals surface area (Å²) in [4.78, 5) is 14.3. The van der Waals surface area contributed by atoms with Gasteiger partial charge in [0.15, 0.2) is 0 Å². The number of rotatable bonds is 7. The maximum absolute atomic E-state index is 12.0. The van der Waals surface area contributed by atoms with E-state index < -0.39 is 5.60 Å². The van der Waals surface area contributed by atoms with Crippen LogP contribution in [0.3, 0.4) is 0 Å². The van der Waals surface area contributed by atoms with Crippen LogP contribution in [-0.4, -0.2) is 42.7 Å². The van der Waals surface area contributed by atoms with Crippen LogP contribution in [0.4, 0.5) is 0 Å². The Labute approximate surface area is 179 Å². The Bertz CT molecular complexity index is 829. The molecule has 30 heavy (non-hydrogen) atoms. The first-order chi connectivity index (χ1) is 14.3. The summed E-state index contributed by atoms with van der Waals surface area (Å²) >= 11 is 0. The highest BCUT2D eigenvalue weighted by molar-refractivity contribution is 5.70. The van der Waals surface area contributed by atoms with E-state index in [0.717, 1.165) is 30.0 Å². The van der Waals surface area contributed by atoms with Crippen molar-refractivity contribution in [2.45, 2.75) is 52.4 Å². The third kappa shape index (κ3) is 6.85. The Kier molecular flexibility index (Phi) is 7.51. The van der Waals surface area contributed by atoms with Gasteiger partial charge in [-0.2, -0.15) is 0 Å². The summed E-state index contributed by atoms with van der Waals surface area (Å²) in [6.45, 7) is 11.3. The van der Waals surface area contributed by atoms with Crippen molar-refractivity contribution in [3.05, 3.63) is 65.2 Å². The fourth-order valence-electron chi connectivity index (χ4n) is 3.58. The fourth-order valence-corrected chi connectivity index (χ4v) is 3.58. The van der Waals surface area contributed by atoms with E-state index in [1.165, 1.54) is 5.56 Å². The van der Waals surface area contributed by atoms with Gasteiger partial charge >= 0.3 is 5.97 Å². The van der Waals surface area contributed by atoms with Gasteiger partial charge in [-0.1, -0.05) is 36.4 Å². The number of esters is 1. The number of aryl methyl sites for hydroxylation is 1. The number of ether oxygens (including phenoxy) is 3. The number of nitrogens with zero attached hydrogens (tertiary/aromatic N) is 1. The summed E-state index contributed by atoms with van der Waals surface area (Å²) in [7, 11) is 0. The summed E-state index contributed by atoms with van der Waals surface area (Å²) in [5, 5.41) is 0. The first kappa shape index (κ1) is 22.3. The zero-order valence-corrected chi connectivity index (χ0v) is 18.5. The molecule has 1 aliphatic rings. The number of morpholine rings is 1. The number of carbonyl (C=O) groups is 1. The van der Waals surface area contributed by atoms with Gasteiger partial charge in [-0.25, -0.2) is 0 Å². The van der Waals surface area contributed by atoms with E-state index in [1.54, 1.807) is 0 Å². The minimum absolute atomic E-state index is 0.000518. The second-order valence-electron chi connectivity index (χ2n) is 8.79. The molecule has 1 heterocycles. The Balaban J connectivity index is 1.54. The predicted molar refractivity (Wildman–Crippen MR) is 118 cm³/mol. The molecule has 3 rings (SSSR count). The van der Waals surface area contributed by atoms with Crippen LogP contribution in [-0.2, 0) is 20.9 Å². The van der Waals surface area contributed by atoms with Gasteiger partial charge in [-0.15, -0.1) is 0 Å². The quantitative estimate of drug-likeness (QED) is 0.619. The molecule has 0 aliphatic carbocycles. The van der Waals surface area contributed by atoms with E-state index in [-0.39, 0.29) is 12.1 Å². The third-order valence-corrected chi connectivity index (χ3v) is 5.04. The lowest BCUT2D eigenvalue weighted by molar-refractivity contribution is -0.155. The highest BCUT2D eigenvalue weighted by Gasteiger charge is 2.24. The fraction of sp³-hybridized carbons (Fsp3) is 0.480. The maximum Gasteiger partial charge on any atom is 0.307 e. The Morgan fingerprint density at radius 1 is 1.17 bits per heavy atom. The van der Waals surface area contributed by atoms with Gasteiger partial charge in [0.2, 0.25) is 0 Å². The molecule has 5 heteroatoms. The largest absolute Gasteiger partial charge is 0.489 e. The Morgan fingerprint density at radius 3 is 2.63 bits per heavy atom. The van der Waals surface area contributed by atoms with Crippen molar-refractivity contribution in [1.29, 1.82) is 0 Å². The molecule has 5 nitrogen and oxygen atoms in total. The first-order valence-corrected chi connectivity index (χ1v) is 10.6. The SMILES string of the molecule is Cc1cc(OCc2ccccc2)ccc1C1CN(CCC(=O)OC(C)(C)C)CCO1. The molecular formula is C25H33NO4. The van der Waals surface area contributed by atoms with Crippen LogP contribution < -0.4 is 4.74 Å². The maximum atomic E-state index is 12.0. The normalized spacial score (nSPS) is 17.5. The zero-order valence-electron chi connectivity index (χ0n) is 18.5. The standard InChI is InChI=1S/C25H33NO4/c1-19-16-21(29-18-20-8-6-5-7-9-20)10-11-22(19)23-17-26(14-15-28-23)13-12-24(27)30-25(2,3)4/h5-11,16,23H,12-15,17-18H2,1-4H3. The van der Waals surface area contributed by atoms with Gasteiger partial charge in [0.05, 0.1) is 19.1 Å². The van der Waals surface area contributed by atoms with Crippen molar-refractivity contribution in [3.63, 3.8) is 0 Å². The average Bonchev–Trinajstić information content (AvgIpc) is 2.70. The van der Waals surface area contributed by atoms with Crippen LogP contribution in [0.15, 0.2) is 48.5 Å². The van der Waals surface area contributed by atoms with Gasteiger partial charge in [-0.3, -0.25) is 9.69 Å². The zero-order chi connectivity index (χ0) is 21.6. The molecule has 0 N–H and O–H groups in total. The molecule has 0 aromatic heterocycles. The lowest BCUT2D eigenvalue weighted by atomic mass is 10.0. The minimum atomic E-state index is -0.438. The Morgan fingerprint density at radius 2 is 1.93 bits per heavy atom. The van der Waals surface area contributed by atoms with E-state index in [0.29, 0.717) is 26.2 Å². The van der Waals surface area contributed by atoms with E-state index in [4.69, 9.17) is 14.2 Å². The summed E-state index contributed by atoms with van der Waals surface area (Å²) in [5.74, 6) is 0.708. The van der Waals surface area contributed by atoms with Crippen LogP contribution in [0.1, 0.15) is 50.0 Å². The number of hydrogen-bond acceptors (Lipinski definition) is 5. The molecule has 2 aromatic rings. The molecule has 0 spiro atoms. The van der Waals surface area contributed by atoms with Crippen LogP contribution in [0.25, 0.3) is 0 Å². The van der Waals surface area contributed by atoms with Crippen LogP contribution >= 0.6 is 0 Å². The molecule has 0 saturated carbocycles. The van der Waals surface area contributed by atoms with Crippen molar-refractivity contribution in [3.8, 4) is 5.75 Å². The van der Waals surface area contributed by atoms with Crippen molar-refractivity contribution in [2.75, 3.05) is 26.2 Å². The second-order valence-corrected chi connectivity index (χ2v) is 8.79. The van der Waals surface area contributed by atoms with Crippen molar-refractivity contribution < 1.29 is 19.0 Å². The molecule has 1 fully saturated rings. The summed E-state index contributed by atoms with van der Waals surface area (Å²) in [6.07, 6.45) is 0.399. The highest BCUT2D eigenvalue weighted by atomic mass is 16.6. The summed E-state index contributed by atoms with van der Waals surface area (Å²) < 4.78 is 17.4. The first-order valence-electron chi connectivity index (χ1n) is 10.6. The van der Waals surface area contributed by atoms with E-state index >= 15 is 0 Å². The topological polar surface area (TPSA) is 48.0 Å². The molecule has 2 aromatic carbocycles. The van der Waals surface area contributed by atoms with Crippen molar-refractivity contribution >= 4 is 5.97 Å². The monoisotopic (exact) mass is 411 g/mol. The van der Waals surface area contributed by atoms with E-state index in [2.05, 4.69) is 36.1 Å². The van der Waals surface area contributed by atoms with Crippen LogP contribution in [0.2, 0.25) is 0 Å². The van der Waals surface area contributed by atoms with Gasteiger partial charge in [0, 0.05) is 19.6 Å². The van der Waals surface area contributed by atoms with Gasteiger partial charge in [-0.05, 0) is 56.5 Å². The molecule has 0 radical (unpaired) electrons. The smallest absolute Gasteiger partial charge is 0.307 e. The van der Waals surface area contributed by atoms with Crippen LogP contribution in [0.5, 0.6) is 5.75 Å². The third-order valence-electron chi connectivity index (χ3n) is 5.04. The molecule has 1 saturated heterocycles. The lowest BCUT2D eigenvalue weighted by Crippen LogP contribution is -2.40. The number of benzene rings is 2. The average molecular weight is 412 g/mol. The number of carbonyl (C=O) groups excluding carboxylic acids is 1. The summed E-state index contributed by atoms with van der Waals surface area (Å²) in [6, 6.07) is 16.3. The van der Waals surface area contributed by atoms with Gasteiger partial charge < -0.3 is 14.2 Å². The van der Waals surface area contributed by atoms with Crippen LogP contribution in [0, 0.1) is 6.92 Å². The van der Waals surface area contributed by atoms with Crippen molar-refractivity contribution in [2.24, 2.45) is 0 Å². The highest BCUT2D eigenvalue weighted by Crippen LogP contribution is 2.28. The minimum Gasteiger partial charge on any atom is -0.489 e. The van der Waals surface area contributed by atoms with Gasteiger partial charge in [0.25, 0.3) is 0 Å².